The molecule has 2 N–H and O–H groups in total. The molecule has 0 aliphatic rings. The number of halogens is 1. The second-order valence-corrected chi connectivity index (χ2v) is 14.7. The predicted octanol–water partition coefficient (Wildman–Crippen LogP) is 10.7. The molecule has 0 radical (unpaired) electrons. The quantitative estimate of drug-likeness (QED) is 0.0735. The van der Waals surface area contributed by atoms with Gasteiger partial charge in [0.1, 0.15) is 17.1 Å². The first kappa shape index (κ1) is 37.7. The topological polar surface area (TPSA) is 101 Å². The minimum atomic E-state index is -0.917. The third-order valence-electron chi connectivity index (χ3n) is 10.3. The maximum Gasteiger partial charge on any atom is 0.224 e. The predicted molar refractivity (Wildman–Crippen MR) is 231 cm³/mol. The fourth-order valence-electron chi connectivity index (χ4n) is 7.71. The van der Waals surface area contributed by atoms with Crippen LogP contribution >= 0.6 is 0 Å². The minimum absolute atomic E-state index is 0.0935. The highest BCUT2D eigenvalue weighted by molar-refractivity contribution is 5.98. The summed E-state index contributed by atoms with van der Waals surface area (Å²) < 4.78 is 16.6. The van der Waals surface area contributed by atoms with E-state index in [1.165, 1.54) is 12.1 Å². The summed E-state index contributed by atoms with van der Waals surface area (Å²) in [5, 5.41) is 9.39. The summed E-state index contributed by atoms with van der Waals surface area (Å²) in [4.78, 5) is 29.9. The number of rotatable bonds is 12. The largest absolute Gasteiger partial charge is 0.335 e. The Morgan fingerprint density at radius 1 is 0.879 bits per heavy atom. The van der Waals surface area contributed by atoms with Crippen molar-refractivity contribution in [1.29, 1.82) is 0 Å². The second kappa shape index (κ2) is 16.1. The van der Waals surface area contributed by atoms with E-state index in [-0.39, 0.29) is 17.6 Å². The Bertz CT molecular complexity index is 2720. The van der Waals surface area contributed by atoms with E-state index in [0.717, 1.165) is 38.7 Å². The number of aliphatic imine (C=N–C) groups is 1. The zero-order valence-electron chi connectivity index (χ0n) is 32.5. The highest BCUT2D eigenvalue weighted by Crippen LogP contribution is 2.44. The van der Waals surface area contributed by atoms with Crippen LogP contribution in [0.3, 0.4) is 0 Å². The molecule has 0 bridgehead atoms. The lowest BCUT2D eigenvalue weighted by Crippen LogP contribution is -2.38. The molecule has 8 nitrogen and oxygen atoms in total. The summed E-state index contributed by atoms with van der Waals surface area (Å²) >= 11 is 0. The molecule has 8 rings (SSSR count). The van der Waals surface area contributed by atoms with Crippen molar-refractivity contribution in [3.63, 3.8) is 0 Å². The number of allylic oxidation sites excluding steroid dienone is 2. The van der Waals surface area contributed by atoms with Gasteiger partial charge < -0.3 is 10.3 Å². The maximum absolute atomic E-state index is 14.5. The van der Waals surface area contributed by atoms with E-state index >= 15 is 0 Å². The van der Waals surface area contributed by atoms with Gasteiger partial charge in [0.15, 0.2) is 5.82 Å². The fourth-order valence-corrected chi connectivity index (χ4v) is 7.71. The standard InChI is InChI=1S/C49H42FN7O/c1-32(2)25-45(58)53-40(29-51-4)26-33(3)34-23-24-44-41(28-34)47(48-54-43-31-52-30-42(46(43)55-48)35-15-14-22-39(50)27-35)56-57(44)49(36-16-8-5-9-17-36,37-18-10-6-11-19-37)38-20-12-7-13-21-38/h5-24,26-32H,4,25H2,1-3H3,(H,53,58)(H,54,55)/b33-26+,40-29+. The molecule has 286 valence electrons. The number of amides is 1. The lowest BCUT2D eigenvalue weighted by Gasteiger charge is -2.37. The Morgan fingerprint density at radius 2 is 1.53 bits per heavy atom. The molecule has 0 fully saturated rings. The average molecular weight is 764 g/mol. The molecule has 58 heavy (non-hydrogen) atoms. The van der Waals surface area contributed by atoms with Gasteiger partial charge in [0.2, 0.25) is 5.91 Å². The molecule has 5 aromatic carbocycles. The molecule has 0 saturated heterocycles. The number of pyridine rings is 1. The monoisotopic (exact) mass is 763 g/mol. The van der Waals surface area contributed by atoms with Crippen molar-refractivity contribution in [3.05, 3.63) is 192 Å². The van der Waals surface area contributed by atoms with Crippen LogP contribution in [0.15, 0.2) is 169 Å². The minimum Gasteiger partial charge on any atom is -0.335 e. The smallest absolute Gasteiger partial charge is 0.224 e. The van der Waals surface area contributed by atoms with Gasteiger partial charge in [0.25, 0.3) is 0 Å². The zero-order valence-corrected chi connectivity index (χ0v) is 32.5. The summed E-state index contributed by atoms with van der Waals surface area (Å²) in [6.45, 7) is 9.64. The molecule has 8 aromatic rings. The van der Waals surface area contributed by atoms with Crippen molar-refractivity contribution in [2.45, 2.75) is 32.7 Å². The van der Waals surface area contributed by atoms with Gasteiger partial charge >= 0.3 is 0 Å². The molecule has 0 spiro atoms. The van der Waals surface area contributed by atoms with Gasteiger partial charge in [-0.3, -0.25) is 14.8 Å². The molecule has 9 heteroatoms. The number of benzene rings is 5. The van der Waals surface area contributed by atoms with Crippen molar-refractivity contribution in [3.8, 4) is 22.6 Å². The van der Waals surface area contributed by atoms with Crippen LogP contribution in [0, 0.1) is 11.7 Å². The number of carbonyl (C=O) groups excluding carboxylic acids is 1. The van der Waals surface area contributed by atoms with Crippen molar-refractivity contribution >= 4 is 40.1 Å². The summed E-state index contributed by atoms with van der Waals surface area (Å²) in [5.41, 5.74) is 8.68. The Labute approximate surface area is 336 Å². The molecular formula is C49H42FN7O. The molecular weight excluding hydrogens is 722 g/mol. The summed E-state index contributed by atoms with van der Waals surface area (Å²) in [7, 11) is 0. The number of imidazole rings is 1. The third kappa shape index (κ3) is 7.14. The number of fused-ring (bicyclic) bond motifs is 2. The van der Waals surface area contributed by atoms with Crippen molar-refractivity contribution in [2.75, 3.05) is 0 Å². The molecule has 3 aromatic heterocycles. The van der Waals surface area contributed by atoms with Crippen molar-refractivity contribution < 1.29 is 9.18 Å². The highest BCUT2D eigenvalue weighted by Gasteiger charge is 2.41. The van der Waals surface area contributed by atoms with Gasteiger partial charge in [-0.1, -0.05) is 123 Å². The number of hydrogen-bond acceptors (Lipinski definition) is 5. The molecule has 0 aliphatic carbocycles. The molecule has 0 saturated carbocycles. The first-order chi connectivity index (χ1) is 28.3. The number of nitrogens with one attached hydrogen (secondary N) is 2. The van der Waals surface area contributed by atoms with E-state index in [9.17, 15) is 9.18 Å². The normalized spacial score (nSPS) is 12.4. The molecule has 0 atom stereocenters. The Hall–Kier alpha value is -7.26. The Morgan fingerprint density at radius 3 is 2.14 bits per heavy atom. The van der Waals surface area contributed by atoms with Gasteiger partial charge in [-0.05, 0) is 83.3 Å². The van der Waals surface area contributed by atoms with E-state index in [1.807, 2.05) is 51.1 Å². The number of aromatic amines is 1. The van der Waals surface area contributed by atoms with Crippen LogP contribution in [-0.4, -0.2) is 37.4 Å². The number of hydrogen-bond donors (Lipinski definition) is 2. The average Bonchev–Trinajstić information content (AvgIpc) is 3.84. The SMILES string of the molecule is C=N/C=C(\C=C(/C)c1ccc2c(c1)c(-c1nc3c(-c4cccc(F)c4)cncc3[nH]1)nn2C(c1ccccc1)(c1ccccc1)c1ccccc1)NC(=O)CC(C)C. The van der Waals surface area contributed by atoms with E-state index < -0.39 is 5.54 Å². The van der Waals surface area contributed by atoms with Crippen LogP contribution < -0.4 is 5.32 Å². The number of carbonyl (C=O) groups is 1. The molecule has 3 heterocycles. The lowest BCUT2D eigenvalue weighted by atomic mass is 9.77. The van der Waals surface area contributed by atoms with Gasteiger partial charge in [0.05, 0.1) is 28.4 Å². The van der Waals surface area contributed by atoms with Crippen molar-refractivity contribution in [1.82, 2.24) is 30.0 Å². The number of aromatic nitrogens is 5. The summed E-state index contributed by atoms with van der Waals surface area (Å²) in [6.07, 6.45) is 7.27. The molecule has 0 aliphatic heterocycles. The third-order valence-corrected chi connectivity index (χ3v) is 10.3. The van der Waals surface area contributed by atoms with Gasteiger partial charge in [0, 0.05) is 29.8 Å². The first-order valence-electron chi connectivity index (χ1n) is 19.2. The number of nitrogens with zero attached hydrogens (tertiary/aromatic N) is 5. The van der Waals surface area contributed by atoms with Crippen LogP contribution in [0.1, 0.15) is 49.4 Å². The van der Waals surface area contributed by atoms with Gasteiger partial charge in [-0.2, -0.15) is 5.10 Å². The molecule has 0 unspecified atom stereocenters. The van der Waals surface area contributed by atoms with E-state index in [0.29, 0.717) is 45.8 Å². The van der Waals surface area contributed by atoms with Crippen LogP contribution in [-0.2, 0) is 10.3 Å². The summed E-state index contributed by atoms with van der Waals surface area (Å²) in [5.74, 6) is 0.299. The van der Waals surface area contributed by atoms with Crippen LogP contribution in [0.5, 0.6) is 0 Å². The lowest BCUT2D eigenvalue weighted by molar-refractivity contribution is -0.121. The Kier molecular flexibility index (Phi) is 10.4. The number of H-pyrrole nitrogens is 1. The van der Waals surface area contributed by atoms with Gasteiger partial charge in [-0.25, -0.2) is 14.1 Å². The van der Waals surface area contributed by atoms with Crippen LogP contribution in [0.2, 0.25) is 0 Å². The Balaban J connectivity index is 1.41. The fraction of sp³-hybridized carbons (Fsp3) is 0.122. The van der Waals surface area contributed by atoms with E-state index in [1.54, 1.807) is 24.7 Å². The second-order valence-electron chi connectivity index (χ2n) is 14.7. The van der Waals surface area contributed by atoms with Gasteiger partial charge in [-0.15, -0.1) is 0 Å². The molecule has 1 amide bonds. The zero-order chi connectivity index (χ0) is 40.2. The first-order valence-corrected chi connectivity index (χ1v) is 19.2. The van der Waals surface area contributed by atoms with Crippen LogP contribution in [0.4, 0.5) is 4.39 Å². The van der Waals surface area contributed by atoms with E-state index in [2.05, 4.69) is 123 Å². The maximum atomic E-state index is 14.5. The highest BCUT2D eigenvalue weighted by atomic mass is 19.1. The van der Waals surface area contributed by atoms with Crippen LogP contribution in [0.25, 0.3) is 50.2 Å². The van der Waals surface area contributed by atoms with Crippen molar-refractivity contribution in [2.24, 2.45) is 10.9 Å². The summed E-state index contributed by atoms with van der Waals surface area (Å²) in [6, 6.07) is 43.9. The van der Waals surface area contributed by atoms with E-state index in [4.69, 9.17) is 10.1 Å².